The van der Waals surface area contributed by atoms with Gasteiger partial charge in [0.25, 0.3) is 0 Å². The summed E-state index contributed by atoms with van der Waals surface area (Å²) in [6.07, 6.45) is 5.32. The van der Waals surface area contributed by atoms with E-state index in [1.54, 1.807) is 17.6 Å². The minimum atomic E-state index is -0.324. The quantitative estimate of drug-likeness (QED) is 0.307. The first-order valence-electron chi connectivity index (χ1n) is 5.69. The van der Waals surface area contributed by atoms with E-state index in [0.717, 1.165) is 12.3 Å². The summed E-state index contributed by atoms with van der Waals surface area (Å²) in [5.74, 6) is 0.702. The number of ether oxygens (including phenoxy) is 1. The number of hydrogen-bond donors (Lipinski definition) is 2. The molecule has 0 aromatic rings. The molecule has 0 aliphatic carbocycles. The molecule has 0 unspecified atom stereocenters. The third-order valence-corrected chi connectivity index (χ3v) is 2.81. The van der Waals surface area contributed by atoms with Gasteiger partial charge in [-0.3, -0.25) is 4.79 Å². The molecular weight excluding hydrogens is 250 g/mol. The van der Waals surface area contributed by atoms with Crippen molar-refractivity contribution in [2.45, 2.75) is 13.3 Å². The highest BCUT2D eigenvalue weighted by molar-refractivity contribution is 8.02. The smallest absolute Gasteiger partial charge is 0.309 e. The van der Waals surface area contributed by atoms with Gasteiger partial charge in [0.15, 0.2) is 0 Å². The molecule has 0 aliphatic heterocycles. The van der Waals surface area contributed by atoms with Gasteiger partial charge in [-0.25, -0.2) is 0 Å². The van der Waals surface area contributed by atoms with E-state index in [1.807, 2.05) is 20.0 Å². The summed E-state index contributed by atoms with van der Waals surface area (Å²) in [5.41, 5.74) is 0.715. The maximum absolute atomic E-state index is 11.2. The summed E-state index contributed by atoms with van der Waals surface area (Å²) in [4.78, 5) is 11.2. The van der Waals surface area contributed by atoms with E-state index in [4.69, 9.17) is 0 Å². The highest BCUT2D eigenvalue weighted by Gasteiger charge is 2.03. The standard InChI is InChI=1S/C13H21NO3S/c1-4-5-11(9-13(16)17-3)8-12(15)10-18-7-6-14-2/h4-5,8,10,14-15H,6-7,9H2,1-3H3/b5-4-,11-8+,12-10-. The van der Waals surface area contributed by atoms with Gasteiger partial charge in [-0.1, -0.05) is 12.2 Å². The molecule has 0 heterocycles. The zero-order valence-corrected chi connectivity index (χ0v) is 11.9. The number of thioether (sulfide) groups is 1. The van der Waals surface area contributed by atoms with Crippen LogP contribution in [0.25, 0.3) is 0 Å². The Morgan fingerprint density at radius 1 is 1.50 bits per heavy atom. The SMILES string of the molecule is C\C=C/C(=C\C(O)=C\SCCNC)CC(=O)OC. The Balaban J connectivity index is 4.48. The van der Waals surface area contributed by atoms with E-state index < -0.39 is 0 Å². The molecule has 0 saturated carbocycles. The van der Waals surface area contributed by atoms with Crippen LogP contribution in [0.5, 0.6) is 0 Å². The average molecular weight is 271 g/mol. The maximum atomic E-state index is 11.2. The second kappa shape index (κ2) is 10.9. The lowest BCUT2D eigenvalue weighted by Gasteiger charge is -2.01. The number of allylic oxidation sites excluding steroid dienone is 3. The molecule has 0 rings (SSSR count). The van der Waals surface area contributed by atoms with E-state index in [1.165, 1.54) is 18.9 Å². The van der Waals surface area contributed by atoms with Crippen LogP contribution in [0.4, 0.5) is 0 Å². The van der Waals surface area contributed by atoms with Crippen molar-refractivity contribution in [2.24, 2.45) is 0 Å². The first kappa shape index (κ1) is 16.8. The number of hydrogen-bond acceptors (Lipinski definition) is 5. The Hall–Kier alpha value is -1.20. The fourth-order valence-corrected chi connectivity index (χ4v) is 1.82. The number of nitrogens with one attached hydrogen (secondary N) is 1. The van der Waals surface area contributed by atoms with Crippen LogP contribution >= 0.6 is 11.8 Å². The van der Waals surface area contributed by atoms with Crippen molar-refractivity contribution < 1.29 is 14.6 Å². The van der Waals surface area contributed by atoms with Gasteiger partial charge in [0.2, 0.25) is 0 Å². The van der Waals surface area contributed by atoms with Crippen molar-refractivity contribution >= 4 is 17.7 Å². The third-order valence-electron chi connectivity index (χ3n) is 1.96. The third kappa shape index (κ3) is 8.90. The first-order chi connectivity index (χ1) is 8.63. The number of aliphatic hydroxyl groups is 1. The van der Waals surface area contributed by atoms with Crippen molar-refractivity contribution in [1.29, 1.82) is 0 Å². The van der Waals surface area contributed by atoms with Gasteiger partial charge in [-0.2, -0.15) is 0 Å². The Labute approximate surface area is 113 Å². The fraction of sp³-hybridized carbons (Fsp3) is 0.462. The van der Waals surface area contributed by atoms with E-state index in [-0.39, 0.29) is 18.1 Å². The molecule has 0 saturated heterocycles. The Kier molecular flexibility index (Phi) is 10.2. The molecule has 0 aromatic carbocycles. The normalized spacial score (nSPS) is 13.1. The fourth-order valence-electron chi connectivity index (χ4n) is 1.14. The zero-order chi connectivity index (χ0) is 13.8. The highest BCUT2D eigenvalue weighted by Crippen LogP contribution is 2.11. The topological polar surface area (TPSA) is 58.6 Å². The lowest BCUT2D eigenvalue weighted by molar-refractivity contribution is -0.139. The number of carbonyl (C=O) groups is 1. The van der Waals surface area contributed by atoms with Crippen molar-refractivity contribution in [2.75, 3.05) is 26.5 Å². The molecule has 0 bridgehead atoms. The predicted octanol–water partition coefficient (Wildman–Crippen LogP) is 2.40. The molecule has 0 fully saturated rings. The van der Waals surface area contributed by atoms with E-state index in [2.05, 4.69) is 10.1 Å². The summed E-state index contributed by atoms with van der Waals surface area (Å²) >= 11 is 1.51. The summed E-state index contributed by atoms with van der Waals surface area (Å²) in [7, 11) is 3.23. The number of carbonyl (C=O) groups excluding carboxylic acids is 1. The molecule has 0 aromatic heterocycles. The Morgan fingerprint density at radius 3 is 2.78 bits per heavy atom. The van der Waals surface area contributed by atoms with Crippen LogP contribution < -0.4 is 5.32 Å². The van der Waals surface area contributed by atoms with Crippen LogP contribution in [-0.4, -0.2) is 37.5 Å². The van der Waals surface area contributed by atoms with Gasteiger partial charge in [0.1, 0.15) is 5.76 Å². The minimum Gasteiger partial charge on any atom is -0.507 e. The van der Waals surface area contributed by atoms with Crippen LogP contribution in [0.3, 0.4) is 0 Å². The van der Waals surface area contributed by atoms with Crippen molar-refractivity contribution in [3.63, 3.8) is 0 Å². The van der Waals surface area contributed by atoms with Crippen LogP contribution in [0, 0.1) is 0 Å². The Morgan fingerprint density at radius 2 is 2.22 bits per heavy atom. The minimum absolute atomic E-state index is 0.146. The second-order valence-corrected chi connectivity index (χ2v) is 4.47. The number of methoxy groups -OCH3 is 1. The maximum Gasteiger partial charge on any atom is 0.309 e. The molecule has 0 aliphatic rings. The van der Waals surface area contributed by atoms with Crippen molar-refractivity contribution in [3.05, 3.63) is 35.0 Å². The van der Waals surface area contributed by atoms with E-state index in [9.17, 15) is 9.90 Å². The van der Waals surface area contributed by atoms with Gasteiger partial charge in [0.05, 0.1) is 13.5 Å². The van der Waals surface area contributed by atoms with Crippen molar-refractivity contribution in [3.8, 4) is 0 Å². The molecule has 0 spiro atoms. The average Bonchev–Trinajstić information content (AvgIpc) is 2.34. The van der Waals surface area contributed by atoms with Crippen LogP contribution in [-0.2, 0) is 9.53 Å². The zero-order valence-electron chi connectivity index (χ0n) is 11.1. The predicted molar refractivity (Wildman–Crippen MR) is 76.6 cm³/mol. The number of esters is 1. The lowest BCUT2D eigenvalue weighted by atomic mass is 10.1. The number of aliphatic hydroxyl groups excluding tert-OH is 1. The Bertz CT molecular complexity index is 335. The van der Waals surface area contributed by atoms with E-state index in [0.29, 0.717) is 5.57 Å². The summed E-state index contributed by atoms with van der Waals surface area (Å²) < 4.78 is 4.59. The second-order valence-electron chi connectivity index (χ2n) is 3.49. The van der Waals surface area contributed by atoms with E-state index >= 15 is 0 Å². The molecule has 4 nitrogen and oxygen atoms in total. The van der Waals surface area contributed by atoms with Gasteiger partial charge >= 0.3 is 5.97 Å². The molecule has 2 N–H and O–H groups in total. The molecular formula is C13H21NO3S. The largest absolute Gasteiger partial charge is 0.507 e. The monoisotopic (exact) mass is 271 g/mol. The summed E-state index contributed by atoms with van der Waals surface area (Å²) in [6, 6.07) is 0. The molecule has 102 valence electrons. The van der Waals surface area contributed by atoms with Gasteiger partial charge in [-0.15, -0.1) is 11.8 Å². The van der Waals surface area contributed by atoms with Crippen LogP contribution in [0.15, 0.2) is 35.0 Å². The molecule has 0 radical (unpaired) electrons. The highest BCUT2D eigenvalue weighted by atomic mass is 32.2. The molecule has 0 amide bonds. The van der Waals surface area contributed by atoms with Crippen molar-refractivity contribution in [1.82, 2.24) is 5.32 Å². The number of rotatable bonds is 8. The van der Waals surface area contributed by atoms with Crippen LogP contribution in [0.1, 0.15) is 13.3 Å². The first-order valence-corrected chi connectivity index (χ1v) is 6.74. The van der Waals surface area contributed by atoms with Gasteiger partial charge in [-0.05, 0) is 25.6 Å². The molecule has 18 heavy (non-hydrogen) atoms. The summed E-state index contributed by atoms with van der Waals surface area (Å²) in [6.45, 7) is 2.73. The lowest BCUT2D eigenvalue weighted by Crippen LogP contribution is -2.09. The summed E-state index contributed by atoms with van der Waals surface area (Å²) in [5, 5.41) is 14.4. The van der Waals surface area contributed by atoms with Gasteiger partial charge < -0.3 is 15.2 Å². The van der Waals surface area contributed by atoms with Gasteiger partial charge in [0, 0.05) is 17.7 Å². The molecule has 0 atom stereocenters. The molecule has 5 heteroatoms. The van der Waals surface area contributed by atoms with Crippen LogP contribution in [0.2, 0.25) is 0 Å².